The molecule has 7 heteroatoms. The van der Waals surface area contributed by atoms with Crippen molar-refractivity contribution in [2.45, 2.75) is 11.2 Å². The molecular formula is C43H38O7. The Morgan fingerprint density at radius 2 is 0.940 bits per heavy atom. The lowest BCUT2D eigenvalue weighted by Gasteiger charge is -2.39. The van der Waals surface area contributed by atoms with Crippen LogP contribution in [0.3, 0.4) is 0 Å². The van der Waals surface area contributed by atoms with Gasteiger partial charge in [-0.1, -0.05) is 60.7 Å². The lowest BCUT2D eigenvalue weighted by atomic mass is 9.75. The summed E-state index contributed by atoms with van der Waals surface area (Å²) in [4.78, 5) is 0. The fraction of sp³-hybridized carbons (Fsp3) is 0.163. The summed E-state index contributed by atoms with van der Waals surface area (Å²) in [6, 6.07) is 38.6. The van der Waals surface area contributed by atoms with Crippen molar-refractivity contribution in [2.75, 3.05) is 35.5 Å². The van der Waals surface area contributed by atoms with Gasteiger partial charge in [0.1, 0.15) is 40.1 Å². The molecule has 1 N–H and O–H groups in total. The van der Waals surface area contributed by atoms with Gasteiger partial charge in [-0.05, 0) is 89.3 Å². The van der Waals surface area contributed by atoms with E-state index in [9.17, 15) is 5.11 Å². The number of benzene rings is 6. The molecule has 0 fully saturated rings. The highest BCUT2D eigenvalue weighted by molar-refractivity contribution is 5.96. The first-order valence-corrected chi connectivity index (χ1v) is 16.2. The molecule has 7 nitrogen and oxygen atoms in total. The van der Waals surface area contributed by atoms with E-state index < -0.39 is 11.2 Å². The van der Waals surface area contributed by atoms with Crippen molar-refractivity contribution in [2.24, 2.45) is 0 Å². The molecule has 1 aliphatic rings. The van der Waals surface area contributed by atoms with E-state index in [0.29, 0.717) is 39.7 Å². The Morgan fingerprint density at radius 3 is 1.38 bits per heavy atom. The van der Waals surface area contributed by atoms with Gasteiger partial charge in [-0.15, -0.1) is 0 Å². The average Bonchev–Trinajstić information content (AvgIpc) is 3.20. The molecule has 6 aromatic rings. The minimum atomic E-state index is -1.61. The predicted octanol–water partition coefficient (Wildman–Crippen LogP) is 8.52. The third kappa shape index (κ3) is 5.46. The van der Waals surface area contributed by atoms with Crippen LogP contribution >= 0.6 is 0 Å². The number of aliphatic hydroxyl groups is 1. The molecule has 1 aliphatic heterocycles. The number of hydrogen-bond acceptors (Lipinski definition) is 7. The Balaban J connectivity index is 1.53. The van der Waals surface area contributed by atoms with E-state index in [0.717, 1.165) is 39.0 Å². The van der Waals surface area contributed by atoms with Crippen LogP contribution in [-0.2, 0) is 11.2 Å². The van der Waals surface area contributed by atoms with Gasteiger partial charge in [0.25, 0.3) is 0 Å². The summed E-state index contributed by atoms with van der Waals surface area (Å²) in [6.07, 6.45) is 4.11. The predicted molar refractivity (Wildman–Crippen MR) is 195 cm³/mol. The fourth-order valence-electron chi connectivity index (χ4n) is 6.75. The van der Waals surface area contributed by atoms with Crippen LogP contribution in [0.1, 0.15) is 33.4 Å². The molecule has 0 bridgehead atoms. The van der Waals surface area contributed by atoms with Crippen molar-refractivity contribution >= 4 is 16.8 Å². The average molecular weight is 667 g/mol. The quantitative estimate of drug-likeness (QED) is 0.147. The minimum Gasteiger partial charge on any atom is -0.497 e. The van der Waals surface area contributed by atoms with Crippen molar-refractivity contribution in [3.05, 3.63) is 161 Å². The van der Waals surface area contributed by atoms with Crippen LogP contribution in [0.15, 0.2) is 127 Å². The second-order valence-electron chi connectivity index (χ2n) is 12.0. The maximum atomic E-state index is 13.2. The summed E-state index contributed by atoms with van der Waals surface area (Å²) < 4.78 is 35.0. The molecule has 0 atom stereocenters. The van der Waals surface area contributed by atoms with Gasteiger partial charge in [0, 0.05) is 27.6 Å². The van der Waals surface area contributed by atoms with E-state index in [2.05, 4.69) is 12.2 Å². The van der Waals surface area contributed by atoms with Crippen LogP contribution in [0.2, 0.25) is 0 Å². The molecule has 252 valence electrons. The number of hydrogen-bond donors (Lipinski definition) is 1. The summed E-state index contributed by atoms with van der Waals surface area (Å²) in [5.74, 6) is 4.13. The van der Waals surface area contributed by atoms with Gasteiger partial charge in [0.15, 0.2) is 5.60 Å². The zero-order chi connectivity index (χ0) is 34.9. The van der Waals surface area contributed by atoms with Crippen LogP contribution in [0.25, 0.3) is 16.8 Å². The molecule has 0 spiro atoms. The second kappa shape index (κ2) is 13.2. The van der Waals surface area contributed by atoms with Crippen LogP contribution < -0.4 is 28.4 Å². The maximum Gasteiger partial charge on any atom is 0.178 e. The molecule has 0 radical (unpaired) electrons. The van der Waals surface area contributed by atoms with Gasteiger partial charge in [0.2, 0.25) is 0 Å². The summed E-state index contributed by atoms with van der Waals surface area (Å²) in [5.41, 5.74) is 1.85. The number of rotatable bonds is 10. The van der Waals surface area contributed by atoms with Crippen LogP contribution in [0, 0.1) is 0 Å². The SMILES string of the molecule is COc1ccc(C2(c3ccc(OC)cc3)C=Cc3c(C(O)(c4ccc(OC)cc4)c4ccc(OC)cc4)cc4ccc(OC)cc4c3O2)cc1. The molecule has 0 aliphatic carbocycles. The van der Waals surface area contributed by atoms with E-state index in [4.69, 9.17) is 28.4 Å². The molecule has 6 aromatic carbocycles. The Bertz CT molecular complexity index is 2060. The normalized spacial score (nSPS) is 13.2. The van der Waals surface area contributed by atoms with Crippen LogP contribution in [0.5, 0.6) is 34.5 Å². The number of ether oxygens (including phenoxy) is 6. The summed E-state index contributed by atoms with van der Waals surface area (Å²) in [5, 5.41) is 14.9. The molecule has 0 unspecified atom stereocenters. The zero-order valence-corrected chi connectivity index (χ0v) is 28.6. The van der Waals surface area contributed by atoms with Gasteiger partial charge >= 0.3 is 0 Å². The summed E-state index contributed by atoms with van der Waals surface area (Å²) in [7, 11) is 8.19. The molecule has 0 amide bonds. The fourth-order valence-corrected chi connectivity index (χ4v) is 6.75. The first kappa shape index (κ1) is 32.6. The Labute approximate surface area is 291 Å². The van der Waals surface area contributed by atoms with E-state index in [-0.39, 0.29) is 0 Å². The standard InChI is InChI=1S/C43H38O7/c1-45-33-16-7-29(8-17-33)42(30-9-18-34(46-2)19-10-30)25-24-38-40(26-28-6-15-37(49-5)27-39(28)41(38)50-42)43(44,31-11-20-35(47-3)21-12-31)32-13-22-36(48-4)23-14-32/h6-27,44H,1-5H3. The smallest absolute Gasteiger partial charge is 0.178 e. The monoisotopic (exact) mass is 666 g/mol. The number of fused-ring (bicyclic) bond motifs is 3. The highest BCUT2D eigenvalue weighted by Crippen LogP contribution is 2.51. The van der Waals surface area contributed by atoms with E-state index in [1.165, 1.54) is 0 Å². The Kier molecular flexibility index (Phi) is 8.60. The molecule has 0 aromatic heterocycles. The zero-order valence-electron chi connectivity index (χ0n) is 28.6. The molecule has 7 rings (SSSR count). The van der Waals surface area contributed by atoms with Gasteiger partial charge in [0.05, 0.1) is 35.5 Å². The van der Waals surface area contributed by atoms with E-state index in [1.54, 1.807) is 35.5 Å². The van der Waals surface area contributed by atoms with Crippen molar-refractivity contribution in [3.63, 3.8) is 0 Å². The lowest BCUT2D eigenvalue weighted by molar-refractivity contribution is 0.123. The third-order valence-corrected chi connectivity index (χ3v) is 9.53. The van der Waals surface area contributed by atoms with Gasteiger partial charge in [-0.3, -0.25) is 0 Å². The Hall–Kier alpha value is -5.92. The highest BCUT2D eigenvalue weighted by Gasteiger charge is 2.42. The molecule has 50 heavy (non-hydrogen) atoms. The van der Waals surface area contributed by atoms with Crippen molar-refractivity contribution in [3.8, 4) is 34.5 Å². The summed E-state index contributed by atoms with van der Waals surface area (Å²) in [6.45, 7) is 0. The first-order chi connectivity index (χ1) is 24.4. The highest BCUT2D eigenvalue weighted by atomic mass is 16.5. The number of methoxy groups -OCH3 is 5. The summed E-state index contributed by atoms with van der Waals surface area (Å²) >= 11 is 0. The maximum absolute atomic E-state index is 13.2. The van der Waals surface area contributed by atoms with Gasteiger partial charge in [-0.2, -0.15) is 0 Å². The topological polar surface area (TPSA) is 75.6 Å². The molecule has 1 heterocycles. The second-order valence-corrected chi connectivity index (χ2v) is 12.0. The largest absolute Gasteiger partial charge is 0.497 e. The van der Waals surface area contributed by atoms with Crippen molar-refractivity contribution in [1.29, 1.82) is 0 Å². The van der Waals surface area contributed by atoms with Crippen molar-refractivity contribution < 1.29 is 33.5 Å². The van der Waals surface area contributed by atoms with E-state index in [1.807, 2.05) is 121 Å². The first-order valence-electron chi connectivity index (χ1n) is 16.2. The lowest BCUT2D eigenvalue weighted by Crippen LogP contribution is -2.36. The van der Waals surface area contributed by atoms with Gasteiger partial charge < -0.3 is 33.5 Å². The van der Waals surface area contributed by atoms with Crippen LogP contribution in [0.4, 0.5) is 0 Å². The minimum absolute atomic E-state index is 0.603. The molecule has 0 saturated carbocycles. The molecule has 0 saturated heterocycles. The van der Waals surface area contributed by atoms with E-state index >= 15 is 0 Å². The Morgan fingerprint density at radius 1 is 0.520 bits per heavy atom. The third-order valence-electron chi connectivity index (χ3n) is 9.53. The van der Waals surface area contributed by atoms with Gasteiger partial charge in [-0.25, -0.2) is 0 Å². The molecular weight excluding hydrogens is 628 g/mol. The van der Waals surface area contributed by atoms with Crippen molar-refractivity contribution in [1.82, 2.24) is 0 Å². The van der Waals surface area contributed by atoms with Crippen LogP contribution in [-0.4, -0.2) is 40.7 Å².